The van der Waals surface area contributed by atoms with Gasteiger partial charge in [0.2, 0.25) is 3.79 Å². The van der Waals surface area contributed by atoms with Crippen LogP contribution in [0.3, 0.4) is 0 Å². The lowest BCUT2D eigenvalue weighted by molar-refractivity contribution is 1.23. The lowest BCUT2D eigenvalue weighted by Gasteiger charge is -2.13. The highest BCUT2D eigenvalue weighted by Crippen LogP contribution is 2.38. The molecule has 20 heavy (non-hydrogen) atoms. The number of hydrogen-bond donors (Lipinski definition) is 2. The number of nitrogens with zero attached hydrogens (tertiary/aromatic N) is 1. The molecule has 0 heterocycles. The Morgan fingerprint density at radius 2 is 1.55 bits per heavy atom. The number of hydrogen-bond acceptors (Lipinski definition) is 2. The van der Waals surface area contributed by atoms with Gasteiger partial charge >= 0.3 is 0 Å². The Bertz CT molecular complexity index is 631. The first kappa shape index (κ1) is 15.0. The smallest absolute Gasteiger partial charge is 0.216 e. The topological polar surface area (TPSA) is 64.4 Å². The van der Waals surface area contributed by atoms with Crippen molar-refractivity contribution in [1.29, 1.82) is 0 Å². The van der Waals surface area contributed by atoms with Crippen LogP contribution >= 0.6 is 34.8 Å². The molecule has 6 heteroatoms. The fourth-order valence-electron chi connectivity index (χ4n) is 1.87. The Morgan fingerprint density at radius 3 is 2.10 bits per heavy atom. The van der Waals surface area contributed by atoms with E-state index in [4.69, 9.17) is 46.4 Å². The SMILES string of the molecule is NN=C(N)c1ccccc1-c1ccc(C(Cl)(Cl)Cl)cc1. The van der Waals surface area contributed by atoms with E-state index in [2.05, 4.69) is 5.10 Å². The van der Waals surface area contributed by atoms with E-state index in [0.717, 1.165) is 16.7 Å². The van der Waals surface area contributed by atoms with E-state index in [-0.39, 0.29) is 5.84 Å². The molecule has 3 nitrogen and oxygen atoms in total. The van der Waals surface area contributed by atoms with Crippen LogP contribution in [0.15, 0.2) is 53.6 Å². The van der Waals surface area contributed by atoms with Crippen molar-refractivity contribution in [1.82, 2.24) is 0 Å². The van der Waals surface area contributed by atoms with E-state index in [9.17, 15) is 0 Å². The van der Waals surface area contributed by atoms with Gasteiger partial charge < -0.3 is 11.6 Å². The Balaban J connectivity index is 2.48. The Morgan fingerprint density at radius 1 is 0.950 bits per heavy atom. The maximum Gasteiger partial charge on any atom is 0.216 e. The van der Waals surface area contributed by atoms with Crippen molar-refractivity contribution in [2.45, 2.75) is 3.79 Å². The summed E-state index contributed by atoms with van der Waals surface area (Å²) in [4.78, 5) is 0. The molecule has 2 aromatic carbocycles. The zero-order valence-electron chi connectivity index (χ0n) is 10.4. The first-order valence-corrected chi connectivity index (χ1v) is 6.87. The van der Waals surface area contributed by atoms with Gasteiger partial charge in [-0.15, -0.1) is 0 Å². The molecule has 0 unspecified atom stereocenters. The normalized spacial score (nSPS) is 12.4. The third-order valence-electron chi connectivity index (χ3n) is 2.87. The van der Waals surface area contributed by atoms with E-state index >= 15 is 0 Å². The van der Waals surface area contributed by atoms with Crippen molar-refractivity contribution in [3.05, 3.63) is 59.7 Å². The van der Waals surface area contributed by atoms with E-state index in [1.54, 1.807) is 12.1 Å². The minimum absolute atomic E-state index is 0.269. The van der Waals surface area contributed by atoms with E-state index < -0.39 is 3.79 Å². The Hall–Kier alpha value is -1.42. The zero-order chi connectivity index (χ0) is 14.8. The van der Waals surface area contributed by atoms with Gasteiger partial charge in [-0.25, -0.2) is 0 Å². The molecular formula is C14H12Cl3N3. The van der Waals surface area contributed by atoms with Crippen molar-refractivity contribution < 1.29 is 0 Å². The summed E-state index contributed by atoms with van der Waals surface area (Å²) in [6.07, 6.45) is 0. The van der Waals surface area contributed by atoms with Crippen LogP contribution in [0.5, 0.6) is 0 Å². The van der Waals surface area contributed by atoms with E-state index in [1.165, 1.54) is 0 Å². The second-order valence-electron chi connectivity index (χ2n) is 4.14. The van der Waals surface area contributed by atoms with Gasteiger partial charge in [0.15, 0.2) is 5.84 Å². The minimum atomic E-state index is -1.43. The monoisotopic (exact) mass is 327 g/mol. The predicted molar refractivity (Wildman–Crippen MR) is 86.0 cm³/mol. The van der Waals surface area contributed by atoms with Gasteiger partial charge in [0.05, 0.1) is 0 Å². The molecule has 0 spiro atoms. The molecule has 0 fully saturated rings. The van der Waals surface area contributed by atoms with Crippen molar-refractivity contribution in [2.75, 3.05) is 0 Å². The van der Waals surface area contributed by atoms with Crippen molar-refractivity contribution in [3.63, 3.8) is 0 Å². The molecule has 0 aliphatic carbocycles. The number of benzene rings is 2. The van der Waals surface area contributed by atoms with Crippen LogP contribution < -0.4 is 11.6 Å². The van der Waals surface area contributed by atoms with Crippen LogP contribution in [0.4, 0.5) is 0 Å². The summed E-state index contributed by atoms with van der Waals surface area (Å²) in [6, 6.07) is 14.8. The standard InChI is InChI=1S/C14H12Cl3N3/c15-14(16,17)10-7-5-9(6-8-10)11-3-1-2-4-12(11)13(18)20-19/h1-8H,19H2,(H2,18,20). The largest absolute Gasteiger partial charge is 0.382 e. The first-order valence-electron chi connectivity index (χ1n) is 5.74. The maximum atomic E-state index is 5.84. The van der Waals surface area contributed by atoms with Crippen LogP contribution in [0.2, 0.25) is 0 Å². The summed E-state index contributed by atoms with van der Waals surface area (Å²) in [5, 5.41) is 3.53. The van der Waals surface area contributed by atoms with Crippen LogP contribution in [0.25, 0.3) is 11.1 Å². The summed E-state index contributed by atoms with van der Waals surface area (Å²) in [6.45, 7) is 0. The van der Waals surface area contributed by atoms with Gasteiger partial charge in [0.25, 0.3) is 0 Å². The molecule has 0 saturated heterocycles. The van der Waals surface area contributed by atoms with Crippen molar-refractivity contribution in [2.24, 2.45) is 16.7 Å². The molecular weight excluding hydrogens is 317 g/mol. The molecule has 0 aliphatic rings. The summed E-state index contributed by atoms with van der Waals surface area (Å²) in [5.41, 5.74) is 9.00. The molecule has 0 saturated carbocycles. The highest BCUT2D eigenvalue weighted by Gasteiger charge is 2.22. The van der Waals surface area contributed by atoms with Crippen molar-refractivity contribution >= 4 is 40.6 Å². The van der Waals surface area contributed by atoms with Gasteiger partial charge in [-0.2, -0.15) is 5.10 Å². The quantitative estimate of drug-likeness (QED) is 0.290. The second-order valence-corrected chi connectivity index (χ2v) is 6.42. The Labute approximate surface area is 132 Å². The molecule has 4 N–H and O–H groups in total. The number of halogens is 3. The van der Waals surface area contributed by atoms with Gasteiger partial charge in [-0.05, 0) is 11.1 Å². The zero-order valence-corrected chi connectivity index (χ0v) is 12.6. The molecule has 0 aliphatic heterocycles. The van der Waals surface area contributed by atoms with Crippen LogP contribution in [0.1, 0.15) is 11.1 Å². The fraction of sp³-hybridized carbons (Fsp3) is 0.0714. The maximum absolute atomic E-state index is 5.84. The molecule has 2 aromatic rings. The van der Waals surface area contributed by atoms with Gasteiger partial charge in [0, 0.05) is 11.1 Å². The third kappa shape index (κ3) is 3.18. The summed E-state index contributed by atoms with van der Waals surface area (Å²) in [7, 11) is 0. The lowest BCUT2D eigenvalue weighted by Crippen LogP contribution is -2.16. The molecule has 0 bridgehead atoms. The van der Waals surface area contributed by atoms with Gasteiger partial charge in [-0.1, -0.05) is 83.3 Å². The molecule has 0 radical (unpaired) electrons. The average Bonchev–Trinajstić information content (AvgIpc) is 2.45. The summed E-state index contributed by atoms with van der Waals surface area (Å²) >= 11 is 17.5. The highest BCUT2D eigenvalue weighted by atomic mass is 35.6. The van der Waals surface area contributed by atoms with E-state index in [0.29, 0.717) is 5.56 Å². The first-order chi connectivity index (χ1) is 9.43. The molecule has 0 amide bonds. The highest BCUT2D eigenvalue weighted by molar-refractivity contribution is 6.66. The number of amidine groups is 1. The molecule has 104 valence electrons. The predicted octanol–water partition coefficient (Wildman–Crippen LogP) is 3.76. The third-order valence-corrected chi connectivity index (χ3v) is 3.52. The minimum Gasteiger partial charge on any atom is -0.382 e. The van der Waals surface area contributed by atoms with Crippen LogP contribution in [-0.4, -0.2) is 5.84 Å². The van der Waals surface area contributed by atoms with Gasteiger partial charge in [-0.3, -0.25) is 0 Å². The number of nitrogens with two attached hydrogens (primary N) is 2. The lowest BCUT2D eigenvalue weighted by atomic mass is 9.98. The molecule has 2 rings (SSSR count). The number of rotatable bonds is 2. The van der Waals surface area contributed by atoms with Crippen molar-refractivity contribution in [3.8, 4) is 11.1 Å². The van der Waals surface area contributed by atoms with Crippen LogP contribution in [-0.2, 0) is 3.79 Å². The Kier molecular flexibility index (Phi) is 4.43. The summed E-state index contributed by atoms with van der Waals surface area (Å²) in [5.74, 6) is 5.51. The number of hydrazone groups is 1. The second kappa shape index (κ2) is 5.92. The average molecular weight is 329 g/mol. The fourth-order valence-corrected chi connectivity index (χ4v) is 2.24. The summed E-state index contributed by atoms with van der Waals surface area (Å²) < 4.78 is -1.43. The molecule has 0 aromatic heterocycles. The number of alkyl halides is 3. The van der Waals surface area contributed by atoms with Gasteiger partial charge in [0.1, 0.15) is 0 Å². The van der Waals surface area contributed by atoms with E-state index in [1.807, 2.05) is 36.4 Å². The van der Waals surface area contributed by atoms with Crippen LogP contribution in [0, 0.1) is 0 Å². The molecule has 0 atom stereocenters.